The molecule has 2 aromatic rings. The molecule has 1 fully saturated rings. The predicted octanol–water partition coefficient (Wildman–Crippen LogP) is 1.94. The summed E-state index contributed by atoms with van der Waals surface area (Å²) in [7, 11) is -3.30. The minimum atomic E-state index is -3.30. The fourth-order valence-corrected chi connectivity index (χ4v) is 3.34. The van der Waals surface area contributed by atoms with Gasteiger partial charge in [0, 0.05) is 19.3 Å². The number of hydrogen-bond donors (Lipinski definition) is 2. The molecule has 1 amide bonds. The summed E-state index contributed by atoms with van der Waals surface area (Å²) in [4.78, 5) is 12.6. The van der Waals surface area contributed by atoms with Gasteiger partial charge in [0.2, 0.25) is 5.91 Å². The van der Waals surface area contributed by atoms with Crippen LogP contribution in [0.4, 0.5) is 0 Å². The van der Waals surface area contributed by atoms with Crippen molar-refractivity contribution in [1.82, 2.24) is 10.6 Å². The Morgan fingerprint density at radius 2 is 1.72 bits per heavy atom. The van der Waals surface area contributed by atoms with Crippen LogP contribution in [0.1, 0.15) is 17.2 Å². The lowest BCUT2D eigenvalue weighted by Gasteiger charge is -2.29. The fraction of sp³-hybridized carbons (Fsp3) is 0.278. The van der Waals surface area contributed by atoms with Crippen molar-refractivity contribution in [3.8, 4) is 0 Å². The van der Waals surface area contributed by atoms with Gasteiger partial charge in [0.1, 0.15) is 0 Å². The number of carbonyl (C=O) groups excluding carboxylic acids is 1. The van der Waals surface area contributed by atoms with Gasteiger partial charge in [-0.25, -0.2) is 8.42 Å². The van der Waals surface area contributed by atoms with Crippen LogP contribution in [0, 0.1) is 5.92 Å². The van der Waals surface area contributed by atoms with E-state index in [1.165, 1.54) is 6.26 Å². The summed E-state index contributed by atoms with van der Waals surface area (Å²) in [6.45, 7) is 1.35. The first-order chi connectivity index (χ1) is 11.4. The number of nitrogens with one attached hydrogen (secondary N) is 2. The van der Waals surface area contributed by atoms with Crippen LogP contribution in [0.3, 0.4) is 0 Å². The second-order valence-electron chi connectivity index (χ2n) is 6.05. The van der Waals surface area contributed by atoms with E-state index in [-0.39, 0.29) is 35.2 Å². The van der Waals surface area contributed by atoms with E-state index in [1.807, 2.05) is 36.4 Å². The minimum Gasteiger partial charge on any atom is -0.345 e. The lowest BCUT2D eigenvalue weighted by Crippen LogP contribution is -2.51. The number of hydrogen-bond acceptors (Lipinski definition) is 4. The topological polar surface area (TPSA) is 75.3 Å². The first-order valence-corrected chi connectivity index (χ1v) is 9.70. The Balaban J connectivity index is 0.00000225. The molecule has 0 radical (unpaired) electrons. The Kier molecular flexibility index (Phi) is 6.21. The molecule has 1 aliphatic heterocycles. The summed E-state index contributed by atoms with van der Waals surface area (Å²) < 4.78 is 23.7. The van der Waals surface area contributed by atoms with Crippen LogP contribution in [0.5, 0.6) is 0 Å². The Morgan fingerprint density at radius 1 is 1.08 bits per heavy atom. The quantitative estimate of drug-likeness (QED) is 0.831. The SMILES string of the molecule is CS(=O)(=O)c1cccc(C(NC(=O)C2CNC2)c2ccccc2)c1.Cl. The maximum Gasteiger partial charge on any atom is 0.226 e. The third kappa shape index (κ3) is 4.60. The Hall–Kier alpha value is -1.89. The average molecular weight is 381 g/mol. The minimum absolute atomic E-state index is 0. The summed E-state index contributed by atoms with van der Waals surface area (Å²) in [6, 6.07) is 15.9. The zero-order chi connectivity index (χ0) is 17.2. The van der Waals surface area contributed by atoms with E-state index in [4.69, 9.17) is 0 Å². The van der Waals surface area contributed by atoms with Crippen LogP contribution in [0.2, 0.25) is 0 Å². The van der Waals surface area contributed by atoms with Gasteiger partial charge in [-0.05, 0) is 23.3 Å². The summed E-state index contributed by atoms with van der Waals surface area (Å²) >= 11 is 0. The molecule has 1 saturated heterocycles. The van der Waals surface area contributed by atoms with Crippen LogP contribution in [-0.2, 0) is 14.6 Å². The second-order valence-corrected chi connectivity index (χ2v) is 8.07. The van der Waals surface area contributed by atoms with Gasteiger partial charge >= 0.3 is 0 Å². The zero-order valence-corrected chi connectivity index (χ0v) is 15.4. The van der Waals surface area contributed by atoms with Gasteiger partial charge in [0.05, 0.1) is 16.9 Å². The number of halogens is 1. The van der Waals surface area contributed by atoms with Crippen molar-refractivity contribution < 1.29 is 13.2 Å². The Bertz CT molecular complexity index is 836. The molecule has 5 nitrogen and oxygen atoms in total. The molecule has 134 valence electrons. The molecular formula is C18H21ClN2O3S. The number of carbonyl (C=O) groups is 1. The number of sulfone groups is 1. The monoisotopic (exact) mass is 380 g/mol. The van der Waals surface area contributed by atoms with Crippen molar-refractivity contribution in [3.05, 3.63) is 65.7 Å². The van der Waals surface area contributed by atoms with Gasteiger partial charge in [-0.15, -0.1) is 12.4 Å². The van der Waals surface area contributed by atoms with Crippen molar-refractivity contribution in [1.29, 1.82) is 0 Å². The van der Waals surface area contributed by atoms with Gasteiger partial charge in [-0.1, -0.05) is 42.5 Å². The van der Waals surface area contributed by atoms with E-state index in [0.717, 1.165) is 11.1 Å². The zero-order valence-electron chi connectivity index (χ0n) is 13.8. The normalized spacial score (nSPS) is 15.6. The molecule has 1 unspecified atom stereocenters. The summed E-state index contributed by atoms with van der Waals surface area (Å²) in [6.07, 6.45) is 1.18. The maximum atomic E-state index is 12.4. The van der Waals surface area contributed by atoms with Crippen molar-refractivity contribution in [3.63, 3.8) is 0 Å². The van der Waals surface area contributed by atoms with E-state index in [2.05, 4.69) is 10.6 Å². The smallest absolute Gasteiger partial charge is 0.226 e. The van der Waals surface area contributed by atoms with Crippen LogP contribution in [0.15, 0.2) is 59.5 Å². The average Bonchev–Trinajstić information content (AvgIpc) is 2.51. The van der Waals surface area contributed by atoms with Crippen molar-refractivity contribution >= 4 is 28.2 Å². The highest BCUT2D eigenvalue weighted by Gasteiger charge is 2.28. The van der Waals surface area contributed by atoms with E-state index in [9.17, 15) is 13.2 Å². The predicted molar refractivity (Wildman–Crippen MR) is 99.6 cm³/mol. The molecule has 0 aromatic heterocycles. The number of benzene rings is 2. The van der Waals surface area contributed by atoms with E-state index < -0.39 is 9.84 Å². The number of amides is 1. The third-order valence-corrected chi connectivity index (χ3v) is 5.30. The molecule has 1 aliphatic rings. The van der Waals surface area contributed by atoms with Crippen LogP contribution >= 0.6 is 12.4 Å². The molecule has 2 aromatic carbocycles. The lowest BCUT2D eigenvalue weighted by molar-refractivity contribution is -0.126. The first kappa shape index (κ1) is 19.4. The summed E-state index contributed by atoms with van der Waals surface area (Å²) in [5.74, 6) is -0.0540. The number of rotatable bonds is 5. The fourth-order valence-electron chi connectivity index (χ4n) is 2.66. The molecule has 0 aliphatic carbocycles. The van der Waals surface area contributed by atoms with E-state index >= 15 is 0 Å². The van der Waals surface area contributed by atoms with E-state index in [0.29, 0.717) is 13.1 Å². The van der Waals surface area contributed by atoms with Crippen molar-refractivity contribution in [2.75, 3.05) is 19.3 Å². The maximum absolute atomic E-state index is 12.4. The molecule has 0 saturated carbocycles. The molecule has 3 rings (SSSR count). The molecular weight excluding hydrogens is 360 g/mol. The highest BCUT2D eigenvalue weighted by molar-refractivity contribution is 7.90. The molecule has 25 heavy (non-hydrogen) atoms. The Labute approximate surface area is 154 Å². The molecule has 1 atom stereocenters. The van der Waals surface area contributed by atoms with Crippen molar-refractivity contribution in [2.24, 2.45) is 5.92 Å². The lowest BCUT2D eigenvalue weighted by atomic mass is 9.96. The third-order valence-electron chi connectivity index (χ3n) is 4.19. The van der Waals surface area contributed by atoms with Crippen LogP contribution in [0.25, 0.3) is 0 Å². The standard InChI is InChI=1S/C18H20N2O3S.ClH/c1-24(22,23)16-9-5-8-14(10-16)17(13-6-3-2-4-7-13)20-18(21)15-11-19-12-15;/h2-10,15,17,19H,11-12H2,1H3,(H,20,21);1H. The van der Waals surface area contributed by atoms with Crippen LogP contribution < -0.4 is 10.6 Å². The molecule has 0 bridgehead atoms. The van der Waals surface area contributed by atoms with Crippen LogP contribution in [-0.4, -0.2) is 33.7 Å². The summed E-state index contributed by atoms with van der Waals surface area (Å²) in [5.41, 5.74) is 1.67. The summed E-state index contributed by atoms with van der Waals surface area (Å²) in [5, 5.41) is 6.14. The molecule has 7 heteroatoms. The molecule has 2 N–H and O–H groups in total. The highest BCUT2D eigenvalue weighted by atomic mass is 35.5. The first-order valence-electron chi connectivity index (χ1n) is 7.81. The Morgan fingerprint density at radius 3 is 2.28 bits per heavy atom. The molecule has 0 spiro atoms. The van der Waals surface area contributed by atoms with E-state index in [1.54, 1.807) is 18.2 Å². The van der Waals surface area contributed by atoms with Gasteiger partial charge < -0.3 is 10.6 Å². The molecule has 1 heterocycles. The van der Waals surface area contributed by atoms with Gasteiger partial charge in [-0.3, -0.25) is 4.79 Å². The van der Waals surface area contributed by atoms with Crippen molar-refractivity contribution in [2.45, 2.75) is 10.9 Å². The second kappa shape index (κ2) is 7.99. The van der Waals surface area contributed by atoms with Gasteiger partial charge in [0.15, 0.2) is 9.84 Å². The largest absolute Gasteiger partial charge is 0.345 e. The van der Waals surface area contributed by atoms with Gasteiger partial charge in [0.25, 0.3) is 0 Å². The highest BCUT2D eigenvalue weighted by Crippen LogP contribution is 2.25. The van der Waals surface area contributed by atoms with Gasteiger partial charge in [-0.2, -0.15) is 0 Å².